The maximum Gasteiger partial charge on any atom is 0.226 e. The van der Waals surface area contributed by atoms with Crippen molar-refractivity contribution in [2.45, 2.75) is 38.8 Å². The Bertz CT molecular complexity index is 192. The summed E-state index contributed by atoms with van der Waals surface area (Å²) in [6, 6.07) is -0.115. The Labute approximate surface area is 84.6 Å². The van der Waals surface area contributed by atoms with Gasteiger partial charge in [0.25, 0.3) is 0 Å². The van der Waals surface area contributed by atoms with E-state index in [1.165, 1.54) is 0 Å². The lowest BCUT2D eigenvalue weighted by atomic mass is 10.0. The zero-order chi connectivity index (χ0) is 10.6. The molecule has 1 aliphatic rings. The molecule has 0 aliphatic carbocycles. The fraction of sp³-hybridized carbons (Fsp3) is 0.900. The van der Waals surface area contributed by atoms with Gasteiger partial charge in [-0.25, -0.2) is 0 Å². The van der Waals surface area contributed by atoms with Crippen molar-refractivity contribution in [1.82, 2.24) is 5.32 Å². The number of ether oxygens (including phenoxy) is 1. The third kappa shape index (κ3) is 2.69. The number of amides is 1. The number of carbonyl (C=O) groups is 1. The number of aliphatic hydroxyl groups is 1. The summed E-state index contributed by atoms with van der Waals surface area (Å²) in [5.74, 6) is -0.0356. The molecule has 1 amide bonds. The van der Waals surface area contributed by atoms with Crippen molar-refractivity contribution in [3.05, 3.63) is 0 Å². The van der Waals surface area contributed by atoms with E-state index < -0.39 is 0 Å². The lowest BCUT2D eigenvalue weighted by molar-refractivity contribution is -0.127. The normalized spacial score (nSPS) is 28.8. The molecule has 1 rings (SSSR count). The van der Waals surface area contributed by atoms with Gasteiger partial charge >= 0.3 is 0 Å². The van der Waals surface area contributed by atoms with Gasteiger partial charge in [0.2, 0.25) is 5.91 Å². The second-order valence-electron chi connectivity index (χ2n) is 3.77. The van der Waals surface area contributed by atoms with Crippen molar-refractivity contribution in [2.24, 2.45) is 5.92 Å². The van der Waals surface area contributed by atoms with Gasteiger partial charge in [0.1, 0.15) is 0 Å². The predicted octanol–water partition coefficient (Wildman–Crippen LogP) is 0.298. The van der Waals surface area contributed by atoms with Gasteiger partial charge in [0, 0.05) is 6.61 Å². The van der Waals surface area contributed by atoms with Crippen LogP contribution >= 0.6 is 0 Å². The van der Waals surface area contributed by atoms with E-state index in [0.717, 1.165) is 12.8 Å². The molecular formula is C10H19NO3. The minimum absolute atomic E-state index is 0.00416. The molecule has 0 spiro atoms. The monoisotopic (exact) mass is 201 g/mol. The molecule has 2 N–H and O–H groups in total. The first-order valence-electron chi connectivity index (χ1n) is 5.21. The summed E-state index contributed by atoms with van der Waals surface area (Å²) in [6.45, 7) is 4.52. The van der Waals surface area contributed by atoms with Gasteiger partial charge in [0.15, 0.2) is 0 Å². The Morgan fingerprint density at radius 1 is 1.71 bits per heavy atom. The summed E-state index contributed by atoms with van der Waals surface area (Å²) in [5, 5.41) is 11.8. The number of hydrogen-bond acceptors (Lipinski definition) is 3. The van der Waals surface area contributed by atoms with Crippen LogP contribution in [-0.2, 0) is 9.53 Å². The second-order valence-corrected chi connectivity index (χ2v) is 3.77. The predicted molar refractivity (Wildman–Crippen MR) is 52.8 cm³/mol. The van der Waals surface area contributed by atoms with Crippen LogP contribution in [0, 0.1) is 5.92 Å². The fourth-order valence-electron chi connectivity index (χ4n) is 1.66. The molecule has 0 bridgehead atoms. The minimum Gasteiger partial charge on any atom is -0.394 e. The van der Waals surface area contributed by atoms with Gasteiger partial charge in [-0.1, -0.05) is 6.92 Å². The van der Waals surface area contributed by atoms with Crippen molar-refractivity contribution in [3.8, 4) is 0 Å². The van der Waals surface area contributed by atoms with Crippen LogP contribution in [0.25, 0.3) is 0 Å². The van der Waals surface area contributed by atoms with Crippen LogP contribution in [0.15, 0.2) is 0 Å². The first-order valence-corrected chi connectivity index (χ1v) is 5.21. The quantitative estimate of drug-likeness (QED) is 0.687. The average Bonchev–Trinajstić information content (AvgIpc) is 2.60. The Morgan fingerprint density at radius 2 is 2.43 bits per heavy atom. The Kier molecular flexibility index (Phi) is 4.35. The van der Waals surface area contributed by atoms with Gasteiger partial charge in [-0.15, -0.1) is 0 Å². The molecule has 0 radical (unpaired) electrons. The van der Waals surface area contributed by atoms with Gasteiger partial charge in [-0.3, -0.25) is 4.79 Å². The maximum absolute atomic E-state index is 11.7. The van der Waals surface area contributed by atoms with Crippen LogP contribution < -0.4 is 5.32 Å². The van der Waals surface area contributed by atoms with Crippen molar-refractivity contribution in [1.29, 1.82) is 0 Å². The van der Waals surface area contributed by atoms with Crippen LogP contribution in [0.5, 0.6) is 0 Å². The highest BCUT2D eigenvalue weighted by Gasteiger charge is 2.31. The number of rotatable bonds is 4. The Morgan fingerprint density at radius 3 is 2.86 bits per heavy atom. The van der Waals surface area contributed by atoms with E-state index in [1.807, 2.05) is 13.8 Å². The maximum atomic E-state index is 11.7. The molecule has 4 heteroatoms. The number of aliphatic hydroxyl groups excluding tert-OH is 1. The largest absolute Gasteiger partial charge is 0.394 e. The van der Waals surface area contributed by atoms with Crippen LogP contribution in [0.1, 0.15) is 26.7 Å². The van der Waals surface area contributed by atoms with Crippen LogP contribution in [-0.4, -0.2) is 36.4 Å². The van der Waals surface area contributed by atoms with Gasteiger partial charge in [-0.2, -0.15) is 0 Å². The van der Waals surface area contributed by atoms with Gasteiger partial charge < -0.3 is 15.2 Å². The summed E-state index contributed by atoms with van der Waals surface area (Å²) >= 11 is 0. The highest BCUT2D eigenvalue weighted by molar-refractivity contribution is 5.79. The molecule has 0 aromatic rings. The summed E-state index contributed by atoms with van der Waals surface area (Å²) in [7, 11) is 0. The standard InChI is InChI=1S/C10H19NO3/c1-3-8(6-12)11-10(13)9-4-5-14-7(9)2/h7-9,12H,3-6H2,1-2H3,(H,11,13)/t7?,8-,9?/m1/s1. The lowest BCUT2D eigenvalue weighted by Crippen LogP contribution is -2.42. The third-order valence-electron chi connectivity index (χ3n) is 2.77. The first-order chi connectivity index (χ1) is 6.69. The van der Waals surface area contributed by atoms with E-state index in [0.29, 0.717) is 6.61 Å². The molecule has 0 aromatic heterocycles. The van der Waals surface area contributed by atoms with Crippen LogP contribution in [0.4, 0.5) is 0 Å². The SMILES string of the molecule is CC[C@H](CO)NC(=O)C1CCOC1C. The highest BCUT2D eigenvalue weighted by atomic mass is 16.5. The average molecular weight is 201 g/mol. The summed E-state index contributed by atoms with van der Waals surface area (Å²) in [6.07, 6.45) is 1.55. The van der Waals surface area contributed by atoms with Crippen molar-refractivity contribution in [2.75, 3.05) is 13.2 Å². The number of hydrogen-bond donors (Lipinski definition) is 2. The molecule has 1 aliphatic heterocycles. The van der Waals surface area contributed by atoms with Crippen molar-refractivity contribution in [3.63, 3.8) is 0 Å². The number of nitrogens with one attached hydrogen (secondary N) is 1. The fourth-order valence-corrected chi connectivity index (χ4v) is 1.66. The smallest absolute Gasteiger partial charge is 0.226 e. The Balaban J connectivity index is 2.40. The topological polar surface area (TPSA) is 58.6 Å². The minimum atomic E-state index is -0.115. The summed E-state index contributed by atoms with van der Waals surface area (Å²) in [5.41, 5.74) is 0. The molecule has 1 saturated heterocycles. The van der Waals surface area contributed by atoms with E-state index in [1.54, 1.807) is 0 Å². The molecular weight excluding hydrogens is 182 g/mol. The highest BCUT2D eigenvalue weighted by Crippen LogP contribution is 2.20. The molecule has 1 heterocycles. The third-order valence-corrected chi connectivity index (χ3v) is 2.77. The van der Waals surface area contributed by atoms with E-state index in [2.05, 4.69) is 5.32 Å². The van der Waals surface area contributed by atoms with Crippen LogP contribution in [0.2, 0.25) is 0 Å². The molecule has 0 aromatic carbocycles. The molecule has 82 valence electrons. The van der Waals surface area contributed by atoms with E-state index in [4.69, 9.17) is 9.84 Å². The molecule has 4 nitrogen and oxygen atoms in total. The molecule has 2 unspecified atom stereocenters. The van der Waals surface area contributed by atoms with Crippen molar-refractivity contribution < 1.29 is 14.6 Å². The molecule has 0 saturated carbocycles. The molecule has 1 fully saturated rings. The zero-order valence-corrected chi connectivity index (χ0v) is 8.82. The van der Waals surface area contributed by atoms with Gasteiger partial charge in [0.05, 0.1) is 24.7 Å². The summed E-state index contributed by atoms with van der Waals surface area (Å²) < 4.78 is 5.31. The van der Waals surface area contributed by atoms with Crippen LogP contribution in [0.3, 0.4) is 0 Å². The van der Waals surface area contributed by atoms with Gasteiger partial charge in [-0.05, 0) is 19.8 Å². The summed E-state index contributed by atoms with van der Waals surface area (Å²) in [4.78, 5) is 11.7. The van der Waals surface area contributed by atoms with E-state index in [9.17, 15) is 4.79 Å². The van der Waals surface area contributed by atoms with Crippen molar-refractivity contribution >= 4 is 5.91 Å². The molecule has 14 heavy (non-hydrogen) atoms. The van der Waals surface area contributed by atoms with E-state index in [-0.39, 0.29) is 30.6 Å². The zero-order valence-electron chi connectivity index (χ0n) is 8.82. The first kappa shape index (κ1) is 11.5. The lowest BCUT2D eigenvalue weighted by Gasteiger charge is -2.18. The van der Waals surface area contributed by atoms with E-state index >= 15 is 0 Å². The second kappa shape index (κ2) is 5.32. The number of carbonyl (C=O) groups excluding carboxylic acids is 1. The molecule has 3 atom stereocenters. The Hall–Kier alpha value is -0.610.